The number of aromatic nitrogens is 2. The number of aryl methyl sites for hydroxylation is 2. The van der Waals surface area contributed by atoms with Crippen LogP contribution in [0, 0.1) is 18.8 Å². The molecule has 3 N–H and O–H groups in total. The molecule has 1 aliphatic rings. The maximum atomic E-state index is 5.86. The zero-order chi connectivity index (χ0) is 14.5. The molecule has 0 amide bonds. The first-order valence-electron chi connectivity index (χ1n) is 8.12. The van der Waals surface area contributed by atoms with Crippen LogP contribution in [0.1, 0.15) is 69.2 Å². The van der Waals surface area contributed by atoms with Gasteiger partial charge >= 0.3 is 0 Å². The summed E-state index contributed by atoms with van der Waals surface area (Å²) in [6, 6.07) is 0.245. The number of unbranched alkanes of at least 4 members (excludes halogenated alkanes) is 1. The fraction of sp³-hybridized carbons (Fsp3) is 0.812. The molecular formula is C16H30N4. The topological polar surface area (TPSA) is 55.9 Å². The largest absolute Gasteiger partial charge is 0.271 e. The molecule has 1 aliphatic carbocycles. The van der Waals surface area contributed by atoms with Crippen molar-refractivity contribution in [2.24, 2.45) is 24.7 Å². The standard InChI is InChI=1S/C16H30N4/c1-4-5-6-13-7-9-14(10-8-13)15(19-17)16-12(2)11-18-20(16)3/h11,13-15,19H,4-10,17H2,1-3H3. The molecule has 0 spiro atoms. The molecule has 2 rings (SSSR count). The number of nitrogens with two attached hydrogens (primary N) is 1. The van der Waals surface area contributed by atoms with Crippen LogP contribution in [0.5, 0.6) is 0 Å². The van der Waals surface area contributed by atoms with Gasteiger partial charge in [0.05, 0.1) is 17.9 Å². The average molecular weight is 278 g/mol. The van der Waals surface area contributed by atoms with Crippen molar-refractivity contribution < 1.29 is 0 Å². The third-order valence-corrected chi connectivity index (χ3v) is 4.98. The second-order valence-corrected chi connectivity index (χ2v) is 6.40. The van der Waals surface area contributed by atoms with E-state index in [4.69, 9.17) is 5.84 Å². The van der Waals surface area contributed by atoms with E-state index in [1.165, 1.54) is 56.2 Å². The van der Waals surface area contributed by atoms with Crippen LogP contribution in [0.15, 0.2) is 6.20 Å². The Bertz CT molecular complexity index is 385. The average Bonchev–Trinajstić information content (AvgIpc) is 2.79. The van der Waals surface area contributed by atoms with Crippen LogP contribution in [-0.4, -0.2) is 9.78 Å². The summed E-state index contributed by atoms with van der Waals surface area (Å²) in [5, 5.41) is 4.36. The first-order valence-corrected chi connectivity index (χ1v) is 8.12. The number of hydrazine groups is 1. The van der Waals surface area contributed by atoms with Gasteiger partial charge in [0.15, 0.2) is 0 Å². The molecule has 0 aliphatic heterocycles. The summed E-state index contributed by atoms with van der Waals surface area (Å²) in [6.07, 6.45) is 11.3. The molecular weight excluding hydrogens is 248 g/mol. The van der Waals surface area contributed by atoms with Gasteiger partial charge in [-0.2, -0.15) is 5.10 Å². The lowest BCUT2D eigenvalue weighted by Crippen LogP contribution is -2.37. The predicted octanol–water partition coefficient (Wildman–Crippen LogP) is 3.23. The Hall–Kier alpha value is -0.870. The van der Waals surface area contributed by atoms with E-state index >= 15 is 0 Å². The number of nitrogens with one attached hydrogen (secondary N) is 1. The van der Waals surface area contributed by atoms with Crippen molar-refractivity contribution in [2.75, 3.05) is 0 Å². The highest BCUT2D eigenvalue weighted by molar-refractivity contribution is 5.20. The Morgan fingerprint density at radius 1 is 1.40 bits per heavy atom. The molecule has 114 valence electrons. The normalized spacial score (nSPS) is 24.8. The summed E-state index contributed by atoms with van der Waals surface area (Å²) in [4.78, 5) is 0. The van der Waals surface area contributed by atoms with Gasteiger partial charge in [-0.25, -0.2) is 0 Å². The van der Waals surface area contributed by atoms with Crippen molar-refractivity contribution in [3.05, 3.63) is 17.5 Å². The maximum absolute atomic E-state index is 5.86. The number of hydrogen-bond acceptors (Lipinski definition) is 3. The molecule has 1 saturated carbocycles. The Morgan fingerprint density at radius 3 is 2.60 bits per heavy atom. The van der Waals surface area contributed by atoms with E-state index in [2.05, 4.69) is 24.4 Å². The molecule has 20 heavy (non-hydrogen) atoms. The van der Waals surface area contributed by atoms with Gasteiger partial charge < -0.3 is 0 Å². The Labute approximate surface area is 123 Å². The minimum Gasteiger partial charge on any atom is -0.271 e. The van der Waals surface area contributed by atoms with E-state index in [-0.39, 0.29) is 6.04 Å². The highest BCUT2D eigenvalue weighted by atomic mass is 15.3. The van der Waals surface area contributed by atoms with Crippen LogP contribution in [-0.2, 0) is 7.05 Å². The van der Waals surface area contributed by atoms with Crippen LogP contribution in [0.3, 0.4) is 0 Å². The zero-order valence-corrected chi connectivity index (χ0v) is 13.2. The van der Waals surface area contributed by atoms with Crippen molar-refractivity contribution in [3.8, 4) is 0 Å². The van der Waals surface area contributed by atoms with Crippen LogP contribution < -0.4 is 11.3 Å². The van der Waals surface area contributed by atoms with E-state index in [0.29, 0.717) is 5.92 Å². The van der Waals surface area contributed by atoms with E-state index in [1.54, 1.807) is 0 Å². The van der Waals surface area contributed by atoms with Crippen molar-refractivity contribution in [1.29, 1.82) is 0 Å². The van der Waals surface area contributed by atoms with Gasteiger partial charge in [-0.15, -0.1) is 0 Å². The molecule has 1 heterocycles. The molecule has 1 aromatic heterocycles. The highest BCUT2D eigenvalue weighted by Gasteiger charge is 2.30. The molecule has 4 heteroatoms. The number of nitrogens with zero attached hydrogens (tertiary/aromatic N) is 2. The van der Waals surface area contributed by atoms with E-state index in [1.807, 2.05) is 17.9 Å². The monoisotopic (exact) mass is 278 g/mol. The van der Waals surface area contributed by atoms with Crippen LogP contribution >= 0.6 is 0 Å². The predicted molar refractivity (Wildman–Crippen MR) is 83.0 cm³/mol. The minimum atomic E-state index is 0.245. The van der Waals surface area contributed by atoms with Gasteiger partial charge in [-0.1, -0.05) is 39.0 Å². The molecule has 0 radical (unpaired) electrons. The molecule has 1 fully saturated rings. The third kappa shape index (κ3) is 3.41. The second kappa shape index (κ2) is 7.23. The van der Waals surface area contributed by atoms with Gasteiger partial charge in [-0.3, -0.25) is 16.0 Å². The van der Waals surface area contributed by atoms with Crippen molar-refractivity contribution >= 4 is 0 Å². The van der Waals surface area contributed by atoms with Gasteiger partial charge in [0.25, 0.3) is 0 Å². The Morgan fingerprint density at radius 2 is 2.10 bits per heavy atom. The zero-order valence-electron chi connectivity index (χ0n) is 13.2. The van der Waals surface area contributed by atoms with Crippen LogP contribution in [0.4, 0.5) is 0 Å². The number of hydrogen-bond donors (Lipinski definition) is 2. The smallest absolute Gasteiger partial charge is 0.0659 e. The molecule has 0 bridgehead atoms. The summed E-state index contributed by atoms with van der Waals surface area (Å²) in [5.41, 5.74) is 5.55. The summed E-state index contributed by atoms with van der Waals surface area (Å²) in [6.45, 7) is 4.41. The van der Waals surface area contributed by atoms with Crippen LogP contribution in [0.25, 0.3) is 0 Å². The fourth-order valence-corrected chi connectivity index (χ4v) is 3.74. The third-order valence-electron chi connectivity index (χ3n) is 4.98. The van der Waals surface area contributed by atoms with Gasteiger partial charge in [0.2, 0.25) is 0 Å². The van der Waals surface area contributed by atoms with Crippen LogP contribution in [0.2, 0.25) is 0 Å². The van der Waals surface area contributed by atoms with Gasteiger partial charge in [-0.05, 0) is 37.2 Å². The second-order valence-electron chi connectivity index (χ2n) is 6.40. The Kier molecular flexibility index (Phi) is 5.61. The SMILES string of the molecule is CCCCC1CCC(C(NN)c2c(C)cnn2C)CC1. The molecule has 1 aromatic rings. The summed E-state index contributed by atoms with van der Waals surface area (Å²) in [5.74, 6) is 7.44. The summed E-state index contributed by atoms with van der Waals surface area (Å²) < 4.78 is 1.98. The number of rotatable bonds is 6. The first kappa shape index (κ1) is 15.5. The minimum absolute atomic E-state index is 0.245. The lowest BCUT2D eigenvalue weighted by molar-refractivity contribution is 0.208. The fourth-order valence-electron chi connectivity index (χ4n) is 3.74. The molecule has 0 aromatic carbocycles. The molecule has 1 atom stereocenters. The van der Waals surface area contributed by atoms with E-state index < -0.39 is 0 Å². The van der Waals surface area contributed by atoms with Gasteiger partial charge in [0, 0.05) is 7.05 Å². The quantitative estimate of drug-likeness (QED) is 0.620. The highest BCUT2D eigenvalue weighted by Crippen LogP contribution is 2.38. The van der Waals surface area contributed by atoms with Crippen molar-refractivity contribution in [1.82, 2.24) is 15.2 Å². The van der Waals surface area contributed by atoms with E-state index in [9.17, 15) is 0 Å². The van der Waals surface area contributed by atoms with Crippen molar-refractivity contribution in [3.63, 3.8) is 0 Å². The summed E-state index contributed by atoms with van der Waals surface area (Å²) in [7, 11) is 2.01. The molecule has 4 nitrogen and oxygen atoms in total. The maximum Gasteiger partial charge on any atom is 0.0659 e. The van der Waals surface area contributed by atoms with Crippen molar-refractivity contribution in [2.45, 2.75) is 64.8 Å². The molecule has 1 unspecified atom stereocenters. The Balaban J connectivity index is 1.97. The summed E-state index contributed by atoms with van der Waals surface area (Å²) >= 11 is 0. The lowest BCUT2D eigenvalue weighted by atomic mass is 9.76. The van der Waals surface area contributed by atoms with E-state index in [0.717, 1.165) is 5.92 Å². The first-order chi connectivity index (χ1) is 9.67. The lowest BCUT2D eigenvalue weighted by Gasteiger charge is -2.34. The molecule has 0 saturated heterocycles. The van der Waals surface area contributed by atoms with Gasteiger partial charge in [0.1, 0.15) is 0 Å².